The van der Waals surface area contributed by atoms with E-state index >= 15 is 0 Å². The van der Waals surface area contributed by atoms with Crippen LogP contribution < -0.4 is 0 Å². The van der Waals surface area contributed by atoms with E-state index in [2.05, 4.69) is 145 Å². The van der Waals surface area contributed by atoms with Crippen molar-refractivity contribution in [1.82, 2.24) is 19.5 Å². The summed E-state index contributed by atoms with van der Waals surface area (Å²) in [6, 6.07) is 33.2. The molecule has 7 rings (SSSR count). The zero-order chi connectivity index (χ0) is 29.0. The lowest BCUT2D eigenvalue weighted by molar-refractivity contribution is 1.04. The van der Waals surface area contributed by atoms with Crippen LogP contribution in [0, 0.1) is 34.6 Å². The normalized spacial score (nSPS) is 11.5. The van der Waals surface area contributed by atoms with Gasteiger partial charge in [0.05, 0.1) is 16.7 Å². The van der Waals surface area contributed by atoms with E-state index in [1.165, 1.54) is 66.4 Å². The maximum atomic E-state index is 4.52. The molecule has 5 aromatic carbocycles. The third-order valence-electron chi connectivity index (χ3n) is 8.51. The molecule has 7 aromatic rings. The molecule has 0 bridgehead atoms. The average molecular weight is 545 g/mol. The van der Waals surface area contributed by atoms with Gasteiger partial charge in [-0.05, 0) is 109 Å². The van der Waals surface area contributed by atoms with Gasteiger partial charge in [-0.15, -0.1) is 0 Å². The van der Waals surface area contributed by atoms with Crippen molar-refractivity contribution in [3.05, 3.63) is 131 Å². The molecule has 0 aliphatic heterocycles. The Bertz CT molecular complexity index is 2100. The molecule has 0 unspecified atom stereocenters. The first-order valence-electron chi connectivity index (χ1n) is 14.4. The summed E-state index contributed by atoms with van der Waals surface area (Å²) in [4.78, 5) is 13.1. The van der Waals surface area contributed by atoms with Crippen LogP contribution in [0.1, 0.15) is 27.8 Å². The fourth-order valence-electron chi connectivity index (χ4n) is 6.73. The molecule has 4 nitrogen and oxygen atoms in total. The Hall–Kier alpha value is -5.09. The Morgan fingerprint density at radius 3 is 1.79 bits per heavy atom. The second-order valence-corrected chi connectivity index (χ2v) is 11.3. The summed E-state index contributed by atoms with van der Waals surface area (Å²) in [5, 5.41) is 2.48. The number of hydrogen-bond donors (Lipinski definition) is 0. The van der Waals surface area contributed by atoms with Gasteiger partial charge in [0.15, 0.2) is 5.82 Å². The van der Waals surface area contributed by atoms with Gasteiger partial charge in [0.25, 0.3) is 0 Å². The number of fused-ring (bicyclic) bond motifs is 3. The van der Waals surface area contributed by atoms with E-state index in [0.29, 0.717) is 5.82 Å². The van der Waals surface area contributed by atoms with E-state index in [1.807, 2.05) is 0 Å². The van der Waals surface area contributed by atoms with Crippen LogP contribution in [-0.2, 0) is 0 Å². The minimum Gasteiger partial charge on any atom is -0.309 e. The molecule has 0 spiro atoms. The van der Waals surface area contributed by atoms with E-state index in [4.69, 9.17) is 0 Å². The highest BCUT2D eigenvalue weighted by molar-refractivity contribution is 6.12. The number of aryl methyl sites for hydroxylation is 4. The van der Waals surface area contributed by atoms with Gasteiger partial charge in [-0.25, -0.2) is 15.0 Å². The summed E-state index contributed by atoms with van der Waals surface area (Å²) >= 11 is 0. The van der Waals surface area contributed by atoms with Crippen molar-refractivity contribution < 1.29 is 0 Å². The van der Waals surface area contributed by atoms with Crippen LogP contribution in [0.25, 0.3) is 61.1 Å². The molecular formula is C38H32N4. The van der Waals surface area contributed by atoms with Gasteiger partial charge < -0.3 is 4.57 Å². The minimum absolute atomic E-state index is 0.700. The molecule has 0 N–H and O–H groups in total. The maximum absolute atomic E-state index is 4.52. The van der Waals surface area contributed by atoms with E-state index in [9.17, 15) is 0 Å². The molecule has 204 valence electrons. The summed E-state index contributed by atoms with van der Waals surface area (Å²) in [5.41, 5.74) is 15.7. The van der Waals surface area contributed by atoms with Gasteiger partial charge >= 0.3 is 0 Å². The first-order chi connectivity index (χ1) is 20.4. The predicted molar refractivity (Wildman–Crippen MR) is 174 cm³/mol. The molecule has 42 heavy (non-hydrogen) atoms. The summed E-state index contributed by atoms with van der Waals surface area (Å²) in [6.45, 7) is 10.9. The van der Waals surface area contributed by atoms with Gasteiger partial charge in [-0.3, -0.25) is 0 Å². The highest BCUT2D eigenvalue weighted by Crippen LogP contribution is 2.41. The summed E-state index contributed by atoms with van der Waals surface area (Å²) < 4.78 is 2.43. The van der Waals surface area contributed by atoms with E-state index in [0.717, 1.165) is 16.7 Å². The third-order valence-corrected chi connectivity index (χ3v) is 8.51. The SMILES string of the molecule is Cc1cccc(C)c1-c1ccc2c(c1)c1cc(-c3ccccc3)ccc1n2-c1c(C)cc(C)c(-c2ncncn2)c1C. The molecule has 0 saturated heterocycles. The lowest BCUT2D eigenvalue weighted by Crippen LogP contribution is -2.05. The Morgan fingerprint density at radius 2 is 1.12 bits per heavy atom. The molecule has 0 aliphatic rings. The van der Waals surface area contributed by atoms with Gasteiger partial charge in [-0.2, -0.15) is 0 Å². The molecule has 4 heteroatoms. The van der Waals surface area contributed by atoms with Crippen molar-refractivity contribution in [3.63, 3.8) is 0 Å². The largest absolute Gasteiger partial charge is 0.309 e. The highest BCUT2D eigenvalue weighted by Gasteiger charge is 2.21. The minimum atomic E-state index is 0.700. The molecule has 0 radical (unpaired) electrons. The van der Waals surface area contributed by atoms with E-state index in [1.54, 1.807) is 12.7 Å². The molecule has 0 fully saturated rings. The van der Waals surface area contributed by atoms with Gasteiger partial charge in [0, 0.05) is 16.3 Å². The number of hydrogen-bond acceptors (Lipinski definition) is 3. The maximum Gasteiger partial charge on any atom is 0.163 e. The average Bonchev–Trinajstić information content (AvgIpc) is 3.31. The molecule has 0 aliphatic carbocycles. The Balaban J connectivity index is 1.57. The fourth-order valence-corrected chi connectivity index (χ4v) is 6.73. The molecule has 2 aromatic heterocycles. The number of rotatable bonds is 4. The molecule has 0 atom stereocenters. The number of benzene rings is 5. The van der Waals surface area contributed by atoms with Crippen LogP contribution in [-0.4, -0.2) is 19.5 Å². The first kappa shape index (κ1) is 25.8. The molecular weight excluding hydrogens is 512 g/mol. The lowest BCUT2D eigenvalue weighted by Gasteiger charge is -2.19. The standard InChI is InChI=1S/C38H32N4/c1-23-10-9-11-24(2)35(23)30-15-17-34-32(20-30)31-19-29(28-12-7-6-8-13-28)14-16-33(31)42(34)37-26(4)18-25(3)36(27(37)5)38-40-21-39-22-41-38/h6-22H,1-5H3. The van der Waals surface area contributed by atoms with Gasteiger partial charge in [-0.1, -0.05) is 66.7 Å². The Kier molecular flexibility index (Phi) is 6.20. The van der Waals surface area contributed by atoms with Crippen LogP contribution >= 0.6 is 0 Å². The monoisotopic (exact) mass is 544 g/mol. The molecule has 2 heterocycles. The van der Waals surface area contributed by atoms with Crippen molar-refractivity contribution in [1.29, 1.82) is 0 Å². The Labute approximate surface area is 246 Å². The van der Waals surface area contributed by atoms with Crippen LogP contribution in [0.5, 0.6) is 0 Å². The first-order valence-corrected chi connectivity index (χ1v) is 14.4. The quantitative estimate of drug-likeness (QED) is 0.222. The van der Waals surface area contributed by atoms with E-state index < -0.39 is 0 Å². The smallest absolute Gasteiger partial charge is 0.163 e. The van der Waals surface area contributed by atoms with Crippen molar-refractivity contribution in [2.75, 3.05) is 0 Å². The molecule has 0 amide bonds. The fraction of sp³-hybridized carbons (Fsp3) is 0.132. The van der Waals surface area contributed by atoms with E-state index in [-0.39, 0.29) is 0 Å². The lowest BCUT2D eigenvalue weighted by atomic mass is 9.94. The van der Waals surface area contributed by atoms with Crippen LogP contribution in [0.2, 0.25) is 0 Å². The van der Waals surface area contributed by atoms with Crippen LogP contribution in [0.3, 0.4) is 0 Å². The third kappa shape index (κ3) is 4.10. The summed E-state index contributed by atoms with van der Waals surface area (Å²) in [6.07, 6.45) is 3.14. The van der Waals surface area contributed by atoms with Crippen LogP contribution in [0.4, 0.5) is 0 Å². The molecule has 0 saturated carbocycles. The van der Waals surface area contributed by atoms with Gasteiger partial charge in [0.2, 0.25) is 0 Å². The number of nitrogens with zero attached hydrogens (tertiary/aromatic N) is 4. The summed E-state index contributed by atoms with van der Waals surface area (Å²) in [7, 11) is 0. The van der Waals surface area contributed by atoms with Crippen molar-refractivity contribution in [2.45, 2.75) is 34.6 Å². The second kappa shape index (κ2) is 10.1. The Morgan fingerprint density at radius 1 is 0.500 bits per heavy atom. The summed E-state index contributed by atoms with van der Waals surface area (Å²) in [5.74, 6) is 0.700. The second-order valence-electron chi connectivity index (χ2n) is 11.3. The van der Waals surface area contributed by atoms with Crippen molar-refractivity contribution in [2.24, 2.45) is 0 Å². The predicted octanol–water partition coefficient (Wildman–Crippen LogP) is 9.51. The van der Waals surface area contributed by atoms with Crippen molar-refractivity contribution in [3.8, 4) is 39.3 Å². The topological polar surface area (TPSA) is 43.6 Å². The highest BCUT2D eigenvalue weighted by atomic mass is 15.0. The van der Waals surface area contributed by atoms with Crippen LogP contribution in [0.15, 0.2) is 104 Å². The van der Waals surface area contributed by atoms with Crippen molar-refractivity contribution >= 4 is 21.8 Å². The van der Waals surface area contributed by atoms with Gasteiger partial charge in [0.1, 0.15) is 12.7 Å². The zero-order valence-electron chi connectivity index (χ0n) is 24.6. The number of aromatic nitrogens is 4. The zero-order valence-corrected chi connectivity index (χ0v) is 24.6.